The Morgan fingerprint density at radius 3 is 2.92 bits per heavy atom. The summed E-state index contributed by atoms with van der Waals surface area (Å²) in [7, 11) is 0. The van der Waals surface area contributed by atoms with Gasteiger partial charge in [-0.25, -0.2) is 0 Å². The van der Waals surface area contributed by atoms with Gasteiger partial charge in [0, 0.05) is 25.9 Å². The molecule has 0 aliphatic carbocycles. The number of carbonyl (C=O) groups excluding carboxylic acids is 1. The molecule has 6 heteroatoms. The number of likely N-dealkylation sites (tertiary alicyclic amines) is 1. The number of aryl methyl sites for hydroxylation is 1. The number of ether oxygens (including phenoxy) is 1. The predicted molar refractivity (Wildman–Crippen MR) is 95.8 cm³/mol. The Labute approximate surface area is 153 Å². The van der Waals surface area contributed by atoms with E-state index in [0.717, 1.165) is 55.3 Å². The zero-order chi connectivity index (χ0) is 17.5. The fraction of sp³-hybridized carbons (Fsp3) is 0.550. The van der Waals surface area contributed by atoms with Crippen LogP contribution in [0.25, 0.3) is 0 Å². The van der Waals surface area contributed by atoms with Crippen LogP contribution in [0.1, 0.15) is 55.4 Å². The molecule has 4 heterocycles. The van der Waals surface area contributed by atoms with Crippen molar-refractivity contribution in [2.75, 3.05) is 6.54 Å². The van der Waals surface area contributed by atoms with Crippen molar-refractivity contribution in [2.45, 2.75) is 63.6 Å². The molecule has 2 aromatic rings. The number of rotatable bonds is 2. The topological polar surface area (TPSA) is 60.2 Å². The van der Waals surface area contributed by atoms with Gasteiger partial charge >= 0.3 is 0 Å². The second-order valence-corrected chi connectivity index (χ2v) is 7.54. The van der Waals surface area contributed by atoms with Gasteiger partial charge in [0.2, 0.25) is 0 Å². The van der Waals surface area contributed by atoms with E-state index in [9.17, 15) is 4.79 Å². The first kappa shape index (κ1) is 15.9. The fourth-order valence-corrected chi connectivity index (χ4v) is 4.56. The zero-order valence-corrected chi connectivity index (χ0v) is 14.9. The number of fused-ring (bicyclic) bond motifs is 2. The minimum atomic E-state index is -0.403. The zero-order valence-electron chi connectivity index (χ0n) is 14.9. The van der Waals surface area contributed by atoms with E-state index in [2.05, 4.69) is 14.8 Å². The molecule has 1 aromatic carbocycles. The van der Waals surface area contributed by atoms with E-state index >= 15 is 0 Å². The molecule has 0 bridgehead atoms. The third kappa shape index (κ3) is 2.59. The Morgan fingerprint density at radius 2 is 2.00 bits per heavy atom. The molecule has 2 unspecified atom stereocenters. The number of amides is 1. The molecule has 0 spiro atoms. The third-order valence-electron chi connectivity index (χ3n) is 5.89. The van der Waals surface area contributed by atoms with Gasteiger partial charge in [-0.1, -0.05) is 24.6 Å². The van der Waals surface area contributed by atoms with E-state index in [-0.39, 0.29) is 11.9 Å². The van der Waals surface area contributed by atoms with E-state index in [1.807, 2.05) is 29.2 Å². The average Bonchev–Trinajstić information content (AvgIpc) is 3.35. The molecule has 1 aromatic heterocycles. The van der Waals surface area contributed by atoms with Crippen molar-refractivity contribution in [2.24, 2.45) is 0 Å². The second kappa shape index (κ2) is 6.41. The Bertz CT molecular complexity index is 806. The van der Waals surface area contributed by atoms with Crippen LogP contribution in [0, 0.1) is 0 Å². The average molecular weight is 352 g/mol. The summed E-state index contributed by atoms with van der Waals surface area (Å²) in [4.78, 5) is 15.2. The first-order chi connectivity index (χ1) is 12.8. The first-order valence-electron chi connectivity index (χ1n) is 9.78. The van der Waals surface area contributed by atoms with Gasteiger partial charge in [0.15, 0.2) is 11.9 Å². The monoisotopic (exact) mass is 352 g/mol. The van der Waals surface area contributed by atoms with Crippen LogP contribution in [-0.2, 0) is 24.2 Å². The highest BCUT2D eigenvalue weighted by atomic mass is 16.5. The summed E-state index contributed by atoms with van der Waals surface area (Å²) in [5.74, 6) is 3.00. The van der Waals surface area contributed by atoms with Gasteiger partial charge in [0.1, 0.15) is 11.6 Å². The fourth-order valence-electron chi connectivity index (χ4n) is 4.56. The summed E-state index contributed by atoms with van der Waals surface area (Å²) in [6.07, 6.45) is 6.82. The summed E-state index contributed by atoms with van der Waals surface area (Å²) in [6, 6.07) is 7.98. The molecule has 136 valence electrons. The van der Waals surface area contributed by atoms with E-state index in [0.29, 0.717) is 6.42 Å². The van der Waals surface area contributed by atoms with Gasteiger partial charge in [0.05, 0.1) is 6.04 Å². The van der Waals surface area contributed by atoms with Crippen molar-refractivity contribution in [3.63, 3.8) is 0 Å². The van der Waals surface area contributed by atoms with Gasteiger partial charge in [-0.3, -0.25) is 4.79 Å². The van der Waals surface area contributed by atoms with Crippen molar-refractivity contribution in [1.82, 2.24) is 19.7 Å². The minimum absolute atomic E-state index is 0.0363. The van der Waals surface area contributed by atoms with E-state index < -0.39 is 6.10 Å². The molecule has 0 saturated carbocycles. The van der Waals surface area contributed by atoms with Crippen LogP contribution in [-0.4, -0.2) is 38.2 Å². The van der Waals surface area contributed by atoms with E-state index in [1.54, 1.807) is 0 Å². The molecule has 6 nitrogen and oxygen atoms in total. The van der Waals surface area contributed by atoms with Crippen molar-refractivity contribution in [3.8, 4) is 5.75 Å². The summed E-state index contributed by atoms with van der Waals surface area (Å²) >= 11 is 0. The van der Waals surface area contributed by atoms with Crippen LogP contribution in [0.2, 0.25) is 0 Å². The number of benzene rings is 1. The molecule has 0 radical (unpaired) electrons. The molecule has 1 saturated heterocycles. The lowest BCUT2D eigenvalue weighted by Gasteiger charge is -2.27. The lowest BCUT2D eigenvalue weighted by molar-refractivity contribution is -0.139. The van der Waals surface area contributed by atoms with Crippen LogP contribution in [0.4, 0.5) is 0 Å². The molecular formula is C20H24N4O2. The highest BCUT2D eigenvalue weighted by Crippen LogP contribution is 2.35. The van der Waals surface area contributed by atoms with Crippen molar-refractivity contribution >= 4 is 5.91 Å². The van der Waals surface area contributed by atoms with E-state index in [4.69, 9.17) is 4.74 Å². The highest BCUT2D eigenvalue weighted by molar-refractivity contribution is 5.83. The standard InChI is InChI=1S/C20H24N4O2/c25-20(17-13-14-7-3-4-9-16(14)26-17)23-12-6-8-15(23)19-22-21-18-10-2-1-5-11-24(18)19/h3-4,7,9,15,17H,1-2,5-6,8,10-13H2. The molecule has 3 aliphatic rings. The van der Waals surface area contributed by atoms with Crippen molar-refractivity contribution < 1.29 is 9.53 Å². The van der Waals surface area contributed by atoms with Crippen LogP contribution in [0.15, 0.2) is 24.3 Å². The molecule has 2 atom stereocenters. The maximum atomic E-state index is 13.2. The van der Waals surface area contributed by atoms with Crippen LogP contribution >= 0.6 is 0 Å². The van der Waals surface area contributed by atoms with Gasteiger partial charge in [-0.05, 0) is 37.3 Å². The molecule has 1 amide bonds. The first-order valence-corrected chi connectivity index (χ1v) is 9.78. The number of carbonyl (C=O) groups is 1. The van der Waals surface area contributed by atoms with Crippen LogP contribution in [0.5, 0.6) is 5.75 Å². The number of hydrogen-bond acceptors (Lipinski definition) is 4. The van der Waals surface area contributed by atoms with Crippen molar-refractivity contribution in [3.05, 3.63) is 41.5 Å². The Balaban J connectivity index is 1.38. The van der Waals surface area contributed by atoms with Gasteiger partial charge in [-0.2, -0.15) is 0 Å². The highest BCUT2D eigenvalue weighted by Gasteiger charge is 2.40. The summed E-state index contributed by atoms with van der Waals surface area (Å²) in [6.45, 7) is 1.75. The second-order valence-electron chi connectivity index (χ2n) is 7.54. The number of nitrogens with zero attached hydrogens (tertiary/aromatic N) is 4. The lowest BCUT2D eigenvalue weighted by Crippen LogP contribution is -2.41. The Kier molecular flexibility index (Phi) is 3.91. The van der Waals surface area contributed by atoms with Gasteiger partial charge in [-0.15, -0.1) is 10.2 Å². The third-order valence-corrected chi connectivity index (χ3v) is 5.89. The normalized spacial score (nSPS) is 24.7. The van der Waals surface area contributed by atoms with Crippen molar-refractivity contribution in [1.29, 1.82) is 0 Å². The quantitative estimate of drug-likeness (QED) is 0.834. The summed E-state index contributed by atoms with van der Waals surface area (Å²) in [5, 5.41) is 8.93. The minimum Gasteiger partial charge on any atom is -0.480 e. The SMILES string of the molecule is O=C(C1Cc2ccccc2O1)N1CCCC1c1nnc2n1CCCCC2. The van der Waals surface area contributed by atoms with Crippen LogP contribution < -0.4 is 4.74 Å². The van der Waals surface area contributed by atoms with E-state index in [1.165, 1.54) is 19.3 Å². The van der Waals surface area contributed by atoms with Crippen LogP contribution in [0.3, 0.4) is 0 Å². The number of aromatic nitrogens is 3. The molecule has 26 heavy (non-hydrogen) atoms. The Morgan fingerprint density at radius 1 is 1.08 bits per heavy atom. The molecular weight excluding hydrogens is 328 g/mol. The maximum Gasteiger partial charge on any atom is 0.264 e. The lowest BCUT2D eigenvalue weighted by atomic mass is 10.1. The predicted octanol–water partition coefficient (Wildman–Crippen LogP) is 2.67. The summed E-state index contributed by atoms with van der Waals surface area (Å²) < 4.78 is 8.22. The molecule has 1 fully saturated rings. The molecule has 0 N–H and O–H groups in total. The van der Waals surface area contributed by atoms with Gasteiger partial charge < -0.3 is 14.2 Å². The smallest absolute Gasteiger partial charge is 0.264 e. The molecule has 5 rings (SSSR count). The van der Waals surface area contributed by atoms with Gasteiger partial charge in [0.25, 0.3) is 5.91 Å². The number of para-hydroxylation sites is 1. The largest absolute Gasteiger partial charge is 0.480 e. The summed E-state index contributed by atoms with van der Waals surface area (Å²) in [5.41, 5.74) is 1.12. The Hall–Kier alpha value is -2.37. The maximum absolute atomic E-state index is 13.2. The number of hydrogen-bond donors (Lipinski definition) is 0. The molecule has 3 aliphatic heterocycles.